The first-order valence-corrected chi connectivity index (χ1v) is 8.65. The Labute approximate surface area is 147 Å². The van der Waals surface area contributed by atoms with Crippen LogP contribution in [-0.4, -0.2) is 4.98 Å². The van der Waals surface area contributed by atoms with Gasteiger partial charge >= 0.3 is 5.63 Å². The minimum atomic E-state index is -0.361. The lowest BCUT2D eigenvalue weighted by molar-refractivity contribution is 0.302. The molecule has 3 heterocycles. The molecule has 3 aromatic heterocycles. The normalized spacial score (nSPS) is 11.1. The molecule has 0 saturated heterocycles. The molecule has 0 aliphatic carbocycles. The van der Waals surface area contributed by atoms with Crippen LogP contribution in [0.4, 0.5) is 0 Å². The molecular weight excluding hydrogens is 338 g/mol. The van der Waals surface area contributed by atoms with Crippen LogP contribution in [0.15, 0.2) is 55.4 Å². The van der Waals surface area contributed by atoms with E-state index in [0.29, 0.717) is 17.9 Å². The van der Waals surface area contributed by atoms with E-state index in [1.54, 1.807) is 6.07 Å². The number of thiazole rings is 1. The molecule has 6 heteroatoms. The minimum absolute atomic E-state index is 0.331. The monoisotopic (exact) mass is 353 g/mol. The summed E-state index contributed by atoms with van der Waals surface area (Å²) in [5.41, 5.74) is 1.86. The molecule has 0 saturated carbocycles. The summed E-state index contributed by atoms with van der Waals surface area (Å²) in [5, 5.41) is 3.67. The standard InChI is InChI=1S/C19H15NO4S/c1-11-7-18(21)24-17-8-14(4-5-15(11)17)22-9-13-10-25-19(20-13)16-6-3-12(2)23-16/h3-8,10H,9H2,1-2H3. The van der Waals surface area contributed by atoms with E-state index in [9.17, 15) is 4.79 Å². The molecule has 0 unspecified atom stereocenters. The number of hydrogen-bond donors (Lipinski definition) is 0. The summed E-state index contributed by atoms with van der Waals surface area (Å²) in [6, 6.07) is 10.8. The highest BCUT2D eigenvalue weighted by Crippen LogP contribution is 2.27. The van der Waals surface area contributed by atoms with Crippen molar-refractivity contribution in [3.63, 3.8) is 0 Å². The molecule has 0 N–H and O–H groups in total. The molecule has 0 aliphatic heterocycles. The van der Waals surface area contributed by atoms with E-state index in [1.165, 1.54) is 17.4 Å². The number of fused-ring (bicyclic) bond motifs is 1. The van der Waals surface area contributed by atoms with Gasteiger partial charge in [0.05, 0.1) is 5.69 Å². The molecule has 1 aromatic carbocycles. The Morgan fingerprint density at radius 1 is 1.12 bits per heavy atom. The van der Waals surface area contributed by atoms with Gasteiger partial charge in [-0.15, -0.1) is 11.3 Å². The number of ether oxygens (including phenoxy) is 1. The lowest BCUT2D eigenvalue weighted by Crippen LogP contribution is -1.99. The Bertz CT molecular complexity index is 1110. The van der Waals surface area contributed by atoms with Gasteiger partial charge in [0.15, 0.2) is 10.8 Å². The van der Waals surface area contributed by atoms with Gasteiger partial charge in [-0.2, -0.15) is 0 Å². The number of hydrogen-bond acceptors (Lipinski definition) is 6. The molecule has 0 aliphatic rings. The van der Waals surface area contributed by atoms with Crippen molar-refractivity contribution in [1.82, 2.24) is 4.98 Å². The molecule has 25 heavy (non-hydrogen) atoms. The van der Waals surface area contributed by atoms with Crippen LogP contribution in [0, 0.1) is 13.8 Å². The Kier molecular flexibility index (Phi) is 3.89. The van der Waals surface area contributed by atoms with Crippen molar-refractivity contribution in [2.45, 2.75) is 20.5 Å². The summed E-state index contributed by atoms with van der Waals surface area (Å²) >= 11 is 1.51. The van der Waals surface area contributed by atoms with Gasteiger partial charge in [-0.1, -0.05) is 0 Å². The van der Waals surface area contributed by atoms with Crippen LogP contribution in [-0.2, 0) is 6.61 Å². The van der Waals surface area contributed by atoms with E-state index in [4.69, 9.17) is 13.6 Å². The van der Waals surface area contributed by atoms with Crippen LogP contribution in [0.1, 0.15) is 17.0 Å². The zero-order chi connectivity index (χ0) is 17.4. The predicted octanol–water partition coefficient (Wildman–Crippen LogP) is 4.71. The molecule has 126 valence electrons. The van der Waals surface area contributed by atoms with E-state index in [-0.39, 0.29) is 5.63 Å². The highest BCUT2D eigenvalue weighted by Gasteiger charge is 2.09. The zero-order valence-electron chi connectivity index (χ0n) is 13.7. The molecule has 0 fully saturated rings. The van der Waals surface area contributed by atoms with Crippen molar-refractivity contribution >= 4 is 22.3 Å². The van der Waals surface area contributed by atoms with Crippen molar-refractivity contribution in [2.75, 3.05) is 0 Å². The highest BCUT2D eigenvalue weighted by atomic mass is 32.1. The lowest BCUT2D eigenvalue weighted by Gasteiger charge is -2.06. The van der Waals surface area contributed by atoms with Crippen molar-refractivity contribution in [2.24, 2.45) is 0 Å². The highest BCUT2D eigenvalue weighted by molar-refractivity contribution is 7.13. The molecule has 0 radical (unpaired) electrons. The van der Waals surface area contributed by atoms with E-state index < -0.39 is 0 Å². The summed E-state index contributed by atoms with van der Waals surface area (Å²) in [6.07, 6.45) is 0. The third-order valence-electron chi connectivity index (χ3n) is 3.81. The van der Waals surface area contributed by atoms with Gasteiger partial charge in [-0.3, -0.25) is 0 Å². The Hall–Kier alpha value is -2.86. The Balaban J connectivity index is 1.52. The second-order valence-electron chi connectivity index (χ2n) is 5.75. The maximum absolute atomic E-state index is 11.5. The van der Waals surface area contributed by atoms with Crippen LogP contribution >= 0.6 is 11.3 Å². The van der Waals surface area contributed by atoms with Crippen LogP contribution in [0.2, 0.25) is 0 Å². The molecule has 5 nitrogen and oxygen atoms in total. The summed E-state index contributed by atoms with van der Waals surface area (Å²) in [6.45, 7) is 4.12. The average molecular weight is 353 g/mol. The van der Waals surface area contributed by atoms with Crippen LogP contribution < -0.4 is 10.4 Å². The van der Waals surface area contributed by atoms with Gasteiger partial charge in [0.25, 0.3) is 0 Å². The molecule has 4 rings (SSSR count). The number of benzene rings is 1. The smallest absolute Gasteiger partial charge is 0.336 e. The van der Waals surface area contributed by atoms with Gasteiger partial charge < -0.3 is 13.6 Å². The summed E-state index contributed by atoms with van der Waals surface area (Å²) in [4.78, 5) is 16.0. The fraction of sp³-hybridized carbons (Fsp3) is 0.158. The summed E-state index contributed by atoms with van der Waals surface area (Å²) in [5.74, 6) is 2.25. The van der Waals surface area contributed by atoms with Crippen molar-refractivity contribution in [3.8, 4) is 16.5 Å². The molecule has 0 atom stereocenters. The van der Waals surface area contributed by atoms with Crippen molar-refractivity contribution in [3.05, 3.63) is 69.2 Å². The maximum atomic E-state index is 11.5. The first-order valence-electron chi connectivity index (χ1n) is 7.77. The van der Waals surface area contributed by atoms with Crippen LogP contribution in [0.5, 0.6) is 5.75 Å². The maximum Gasteiger partial charge on any atom is 0.336 e. The number of nitrogens with zero attached hydrogens (tertiary/aromatic N) is 1. The van der Waals surface area contributed by atoms with Gasteiger partial charge in [0.1, 0.15) is 23.7 Å². The molecule has 0 amide bonds. The number of aromatic nitrogens is 1. The second-order valence-corrected chi connectivity index (χ2v) is 6.61. The van der Waals surface area contributed by atoms with E-state index >= 15 is 0 Å². The van der Waals surface area contributed by atoms with Crippen molar-refractivity contribution < 1.29 is 13.6 Å². The van der Waals surface area contributed by atoms with Gasteiger partial charge in [-0.25, -0.2) is 9.78 Å². The van der Waals surface area contributed by atoms with Gasteiger partial charge in [0, 0.05) is 22.9 Å². The fourth-order valence-electron chi connectivity index (χ4n) is 2.59. The van der Waals surface area contributed by atoms with Crippen molar-refractivity contribution in [1.29, 1.82) is 0 Å². The number of aryl methyl sites for hydroxylation is 2. The largest absolute Gasteiger partial charge is 0.487 e. The Morgan fingerprint density at radius 2 is 2.00 bits per heavy atom. The fourth-order valence-corrected chi connectivity index (χ4v) is 3.35. The van der Waals surface area contributed by atoms with Gasteiger partial charge in [-0.05, 0) is 43.7 Å². The quantitative estimate of drug-likeness (QED) is 0.497. The van der Waals surface area contributed by atoms with E-state index in [0.717, 1.165) is 33.2 Å². The number of furan rings is 1. The van der Waals surface area contributed by atoms with E-state index in [2.05, 4.69) is 4.98 Å². The molecule has 4 aromatic rings. The van der Waals surface area contributed by atoms with Crippen LogP contribution in [0.3, 0.4) is 0 Å². The Morgan fingerprint density at radius 3 is 2.80 bits per heavy atom. The first kappa shape index (κ1) is 15.7. The zero-order valence-corrected chi connectivity index (χ0v) is 14.6. The minimum Gasteiger partial charge on any atom is -0.487 e. The number of rotatable bonds is 4. The van der Waals surface area contributed by atoms with Crippen LogP contribution in [0.25, 0.3) is 21.7 Å². The molecule has 0 spiro atoms. The summed E-state index contributed by atoms with van der Waals surface area (Å²) < 4.78 is 16.6. The van der Waals surface area contributed by atoms with Gasteiger partial charge in [0.2, 0.25) is 0 Å². The lowest BCUT2D eigenvalue weighted by atomic mass is 10.1. The molecule has 0 bridgehead atoms. The third kappa shape index (κ3) is 3.21. The SMILES string of the molecule is Cc1ccc(-c2nc(COc3ccc4c(C)cc(=O)oc4c3)cs2)o1. The second kappa shape index (κ2) is 6.22. The first-order chi connectivity index (χ1) is 12.1. The topological polar surface area (TPSA) is 65.5 Å². The van der Waals surface area contributed by atoms with E-state index in [1.807, 2.05) is 43.5 Å². The predicted molar refractivity (Wildman–Crippen MR) is 96.1 cm³/mol. The molecular formula is C19H15NO4S. The third-order valence-corrected chi connectivity index (χ3v) is 4.72. The average Bonchev–Trinajstić information content (AvgIpc) is 3.21. The summed E-state index contributed by atoms with van der Waals surface area (Å²) in [7, 11) is 0.